The third kappa shape index (κ3) is 4.58. The highest BCUT2D eigenvalue weighted by atomic mass is 32.2. The first kappa shape index (κ1) is 19.4. The van der Waals surface area contributed by atoms with Gasteiger partial charge in [-0.3, -0.25) is 4.79 Å². The minimum absolute atomic E-state index is 0.173. The molecule has 1 aromatic rings. The van der Waals surface area contributed by atoms with Crippen LogP contribution < -0.4 is 0 Å². The molecule has 1 atom stereocenters. The van der Waals surface area contributed by atoms with E-state index in [0.717, 1.165) is 18.4 Å². The third-order valence-corrected chi connectivity index (χ3v) is 6.50. The molecule has 2 rings (SSSR count). The number of amides is 1. The summed E-state index contributed by atoms with van der Waals surface area (Å²) >= 11 is 0. The lowest BCUT2D eigenvalue weighted by atomic mass is 10.1. The second-order valence-electron chi connectivity index (χ2n) is 6.27. The number of carboxylic acid groups (broad SMARTS) is 1. The van der Waals surface area contributed by atoms with Crippen LogP contribution in [0.2, 0.25) is 0 Å². The van der Waals surface area contributed by atoms with Gasteiger partial charge >= 0.3 is 5.97 Å². The Morgan fingerprint density at radius 1 is 1.20 bits per heavy atom. The van der Waals surface area contributed by atoms with Crippen LogP contribution in [-0.2, 0) is 26.0 Å². The number of aryl methyl sites for hydroxylation is 1. The first-order valence-electron chi connectivity index (χ1n) is 8.31. The lowest BCUT2D eigenvalue weighted by Crippen LogP contribution is -2.40. The number of carbonyl (C=O) groups is 2. The summed E-state index contributed by atoms with van der Waals surface area (Å²) in [5, 5.41) is 8.93. The fourth-order valence-electron chi connectivity index (χ4n) is 2.71. The molecule has 0 saturated carbocycles. The summed E-state index contributed by atoms with van der Waals surface area (Å²) in [6, 6.07) is 5.67. The van der Waals surface area contributed by atoms with Gasteiger partial charge in [-0.15, -0.1) is 0 Å². The molecule has 0 aliphatic carbocycles. The van der Waals surface area contributed by atoms with Crippen LogP contribution in [-0.4, -0.2) is 60.8 Å². The number of carboxylic acids is 1. The van der Waals surface area contributed by atoms with E-state index in [9.17, 15) is 18.0 Å². The van der Waals surface area contributed by atoms with Gasteiger partial charge in [0.1, 0.15) is 6.04 Å². The largest absolute Gasteiger partial charge is 0.480 e. The Labute approximate surface area is 148 Å². The van der Waals surface area contributed by atoms with E-state index >= 15 is 0 Å². The van der Waals surface area contributed by atoms with Crippen molar-refractivity contribution in [1.29, 1.82) is 0 Å². The number of benzene rings is 1. The highest BCUT2D eigenvalue weighted by Crippen LogP contribution is 2.21. The smallest absolute Gasteiger partial charge is 0.326 e. The van der Waals surface area contributed by atoms with Crippen LogP contribution in [0, 0.1) is 0 Å². The highest BCUT2D eigenvalue weighted by Gasteiger charge is 2.27. The minimum Gasteiger partial charge on any atom is -0.480 e. The number of aliphatic carboxylic acids is 1. The van der Waals surface area contributed by atoms with Crippen LogP contribution in [0.1, 0.15) is 31.7 Å². The normalized spacial score (nSPS) is 16.6. The zero-order valence-electron chi connectivity index (χ0n) is 14.5. The fraction of sp³-hybridized carbons (Fsp3) is 0.529. The summed E-state index contributed by atoms with van der Waals surface area (Å²) < 4.78 is 26.4. The molecule has 0 radical (unpaired) electrons. The molecule has 138 valence electrons. The summed E-state index contributed by atoms with van der Waals surface area (Å²) in [5.74, 6) is -1.31. The summed E-state index contributed by atoms with van der Waals surface area (Å²) in [6.07, 6.45) is 2.38. The van der Waals surface area contributed by atoms with Crippen molar-refractivity contribution >= 4 is 21.9 Å². The molecule has 1 N–H and O–H groups in total. The second-order valence-corrected chi connectivity index (χ2v) is 8.21. The van der Waals surface area contributed by atoms with Gasteiger partial charge in [-0.05, 0) is 43.9 Å². The molecule has 8 heteroatoms. The molecular formula is C17H24N2O5S. The van der Waals surface area contributed by atoms with Crippen molar-refractivity contribution in [2.45, 2.75) is 43.5 Å². The number of rotatable bonds is 7. The van der Waals surface area contributed by atoms with Crippen molar-refractivity contribution < 1.29 is 23.1 Å². The maximum atomic E-state index is 12.4. The van der Waals surface area contributed by atoms with Crippen molar-refractivity contribution in [3.05, 3.63) is 29.8 Å². The predicted molar refractivity (Wildman–Crippen MR) is 92.6 cm³/mol. The van der Waals surface area contributed by atoms with Crippen LogP contribution in [0.5, 0.6) is 0 Å². The second kappa shape index (κ2) is 7.97. The quantitative estimate of drug-likeness (QED) is 0.783. The first-order valence-corrected chi connectivity index (χ1v) is 9.75. The van der Waals surface area contributed by atoms with Gasteiger partial charge in [0.25, 0.3) is 0 Å². The van der Waals surface area contributed by atoms with Gasteiger partial charge < -0.3 is 10.0 Å². The maximum absolute atomic E-state index is 12.4. The summed E-state index contributed by atoms with van der Waals surface area (Å²) in [6.45, 7) is 2.58. The van der Waals surface area contributed by atoms with Crippen LogP contribution in [0.25, 0.3) is 0 Å². The molecule has 0 spiro atoms. The van der Waals surface area contributed by atoms with Crippen molar-refractivity contribution in [3.8, 4) is 0 Å². The molecule has 1 aromatic carbocycles. The van der Waals surface area contributed by atoms with Gasteiger partial charge in [-0.2, -0.15) is 4.31 Å². The van der Waals surface area contributed by atoms with E-state index in [1.54, 1.807) is 24.3 Å². The molecule has 1 heterocycles. The maximum Gasteiger partial charge on any atom is 0.326 e. The Morgan fingerprint density at radius 2 is 1.76 bits per heavy atom. The first-order chi connectivity index (χ1) is 11.7. The molecule has 1 aliphatic heterocycles. The zero-order valence-corrected chi connectivity index (χ0v) is 15.3. The van der Waals surface area contributed by atoms with E-state index in [4.69, 9.17) is 5.11 Å². The molecule has 1 aliphatic rings. The Hall–Kier alpha value is -1.93. The fourth-order valence-corrected chi connectivity index (χ4v) is 4.23. The number of sulfonamides is 1. The Morgan fingerprint density at radius 3 is 2.28 bits per heavy atom. The summed E-state index contributed by atoms with van der Waals surface area (Å²) in [5.41, 5.74) is 0.838. The van der Waals surface area contributed by atoms with Gasteiger partial charge in [-0.25, -0.2) is 13.2 Å². The number of hydrogen-bond acceptors (Lipinski definition) is 4. The number of likely N-dealkylation sites (N-methyl/N-ethyl adjacent to an activating group) is 1. The molecule has 1 saturated heterocycles. The summed E-state index contributed by atoms with van der Waals surface area (Å²) in [7, 11) is -1.96. The third-order valence-electron chi connectivity index (χ3n) is 4.59. The van der Waals surface area contributed by atoms with E-state index < -0.39 is 22.0 Å². The van der Waals surface area contributed by atoms with Gasteiger partial charge in [-0.1, -0.05) is 12.1 Å². The number of hydrogen-bond donors (Lipinski definition) is 1. The average Bonchev–Trinajstić information content (AvgIpc) is 3.14. The lowest BCUT2D eigenvalue weighted by Gasteiger charge is -2.21. The van der Waals surface area contributed by atoms with Crippen molar-refractivity contribution in [1.82, 2.24) is 9.21 Å². The Kier molecular flexibility index (Phi) is 6.18. The van der Waals surface area contributed by atoms with Crippen LogP contribution >= 0.6 is 0 Å². The number of carbonyl (C=O) groups excluding carboxylic acids is 1. The van der Waals surface area contributed by atoms with Crippen molar-refractivity contribution in [3.63, 3.8) is 0 Å². The molecule has 7 nitrogen and oxygen atoms in total. The molecule has 25 heavy (non-hydrogen) atoms. The van der Waals surface area contributed by atoms with Gasteiger partial charge in [0.2, 0.25) is 15.9 Å². The topological polar surface area (TPSA) is 95.0 Å². The SMILES string of the molecule is CC(C(=O)O)N(C)C(=O)CCc1ccc(S(=O)(=O)N2CCCC2)cc1. The monoisotopic (exact) mass is 368 g/mol. The molecule has 0 aromatic heterocycles. The summed E-state index contributed by atoms with van der Waals surface area (Å²) in [4.78, 5) is 24.4. The molecule has 0 bridgehead atoms. The van der Waals surface area contributed by atoms with Crippen molar-refractivity contribution in [2.24, 2.45) is 0 Å². The van der Waals surface area contributed by atoms with E-state index in [-0.39, 0.29) is 17.2 Å². The van der Waals surface area contributed by atoms with Gasteiger partial charge in [0.15, 0.2) is 0 Å². The zero-order chi connectivity index (χ0) is 18.6. The average molecular weight is 368 g/mol. The minimum atomic E-state index is -3.43. The Bertz CT molecular complexity index is 724. The molecule has 1 amide bonds. The van der Waals surface area contributed by atoms with Gasteiger partial charge in [0, 0.05) is 26.6 Å². The molecule has 1 fully saturated rings. The molecule has 1 unspecified atom stereocenters. The lowest BCUT2D eigenvalue weighted by molar-refractivity contribution is -0.148. The van der Waals surface area contributed by atoms with Crippen LogP contribution in [0.3, 0.4) is 0 Å². The van der Waals surface area contributed by atoms with E-state index in [2.05, 4.69) is 0 Å². The van der Waals surface area contributed by atoms with E-state index in [0.29, 0.717) is 19.5 Å². The van der Waals surface area contributed by atoms with E-state index in [1.165, 1.54) is 23.2 Å². The van der Waals surface area contributed by atoms with Crippen LogP contribution in [0.4, 0.5) is 0 Å². The molecular weight excluding hydrogens is 344 g/mol. The van der Waals surface area contributed by atoms with Crippen LogP contribution in [0.15, 0.2) is 29.2 Å². The Balaban J connectivity index is 1.96. The van der Waals surface area contributed by atoms with E-state index in [1.807, 2.05) is 0 Å². The standard InChI is InChI=1S/C17H24N2O5S/c1-13(17(21)22)18(2)16(20)10-7-14-5-8-15(9-6-14)25(23,24)19-11-3-4-12-19/h5-6,8-9,13H,3-4,7,10-12H2,1-2H3,(H,21,22). The predicted octanol–water partition coefficient (Wildman–Crippen LogP) is 1.34. The van der Waals surface area contributed by atoms with Gasteiger partial charge in [0.05, 0.1) is 4.90 Å². The van der Waals surface area contributed by atoms with Crippen molar-refractivity contribution in [2.75, 3.05) is 20.1 Å². The number of nitrogens with zero attached hydrogens (tertiary/aromatic N) is 2. The highest BCUT2D eigenvalue weighted by molar-refractivity contribution is 7.89.